The predicted molar refractivity (Wildman–Crippen MR) is 78.2 cm³/mol. The first-order chi connectivity index (χ1) is 10.8. The van der Waals surface area contributed by atoms with Crippen molar-refractivity contribution in [2.75, 3.05) is 0 Å². The highest BCUT2D eigenvalue weighted by atomic mass is 19.4. The lowest BCUT2D eigenvalue weighted by molar-refractivity contribution is -0.137. The lowest BCUT2D eigenvalue weighted by Gasteiger charge is -2.06. The molecule has 6 heteroatoms. The molecule has 0 aliphatic carbocycles. The lowest BCUT2D eigenvalue weighted by Crippen LogP contribution is -2.05. The summed E-state index contributed by atoms with van der Waals surface area (Å²) in [6, 6.07) is 9.77. The zero-order valence-electron chi connectivity index (χ0n) is 11.7. The number of benzene rings is 2. The van der Waals surface area contributed by atoms with Crippen LogP contribution in [0.2, 0.25) is 0 Å². The molecule has 0 radical (unpaired) electrons. The second-order valence-electron chi connectivity index (χ2n) is 4.70. The highest BCUT2D eigenvalue weighted by molar-refractivity contribution is 6.06. The van der Waals surface area contributed by atoms with Gasteiger partial charge in [0, 0.05) is 5.56 Å². The standard InChI is InChI=1S/C17H11F3O3/c18-17(19,20)14-8-6-12(7-9-14)15(21)10-3-11-1-4-13(5-2-11)16(22)23/h1-10H,(H,22,23)/b10-3+. The van der Waals surface area contributed by atoms with E-state index in [2.05, 4.69) is 0 Å². The number of hydrogen-bond acceptors (Lipinski definition) is 2. The van der Waals surface area contributed by atoms with E-state index in [1.165, 1.54) is 36.4 Å². The Morgan fingerprint density at radius 1 is 0.870 bits per heavy atom. The summed E-state index contributed by atoms with van der Waals surface area (Å²) >= 11 is 0. The molecule has 0 spiro atoms. The molecule has 2 aromatic rings. The molecule has 0 heterocycles. The number of halogens is 3. The van der Waals surface area contributed by atoms with E-state index >= 15 is 0 Å². The smallest absolute Gasteiger partial charge is 0.416 e. The fourth-order valence-electron chi connectivity index (χ4n) is 1.83. The molecular formula is C17H11F3O3. The summed E-state index contributed by atoms with van der Waals surface area (Å²) < 4.78 is 37.3. The minimum Gasteiger partial charge on any atom is -0.478 e. The SMILES string of the molecule is O=C(O)c1ccc(/C=C/C(=O)c2ccc(C(F)(F)F)cc2)cc1. The molecule has 0 saturated carbocycles. The zero-order chi connectivity index (χ0) is 17.0. The Morgan fingerprint density at radius 3 is 1.87 bits per heavy atom. The quantitative estimate of drug-likeness (QED) is 0.675. The van der Waals surface area contributed by atoms with E-state index < -0.39 is 23.5 Å². The van der Waals surface area contributed by atoms with Gasteiger partial charge >= 0.3 is 12.1 Å². The van der Waals surface area contributed by atoms with E-state index in [0.717, 1.165) is 24.3 Å². The molecule has 118 valence electrons. The molecule has 2 rings (SSSR count). The fourth-order valence-corrected chi connectivity index (χ4v) is 1.83. The second-order valence-corrected chi connectivity index (χ2v) is 4.70. The van der Waals surface area contributed by atoms with Crippen molar-refractivity contribution in [1.29, 1.82) is 0 Å². The van der Waals surface area contributed by atoms with Gasteiger partial charge in [0.05, 0.1) is 11.1 Å². The molecule has 0 atom stereocenters. The molecule has 0 aromatic heterocycles. The number of allylic oxidation sites excluding steroid dienone is 1. The van der Waals surface area contributed by atoms with Crippen LogP contribution in [0, 0.1) is 0 Å². The normalized spacial score (nSPS) is 11.6. The highest BCUT2D eigenvalue weighted by Crippen LogP contribution is 2.29. The van der Waals surface area contributed by atoms with Crippen LogP contribution < -0.4 is 0 Å². The summed E-state index contributed by atoms with van der Waals surface area (Å²) in [5.74, 6) is -1.50. The third kappa shape index (κ3) is 4.29. The van der Waals surface area contributed by atoms with E-state index in [1.54, 1.807) is 0 Å². The van der Waals surface area contributed by atoms with Gasteiger partial charge < -0.3 is 5.11 Å². The Hall–Kier alpha value is -2.89. The molecular weight excluding hydrogens is 309 g/mol. The van der Waals surface area contributed by atoms with Gasteiger partial charge in [-0.25, -0.2) is 4.79 Å². The summed E-state index contributed by atoms with van der Waals surface area (Å²) in [5, 5.41) is 8.77. The van der Waals surface area contributed by atoms with Gasteiger partial charge in [0.1, 0.15) is 0 Å². The first-order valence-corrected chi connectivity index (χ1v) is 6.50. The fraction of sp³-hybridized carbons (Fsp3) is 0.0588. The average Bonchev–Trinajstić information content (AvgIpc) is 2.52. The van der Waals surface area contributed by atoms with Crippen molar-refractivity contribution in [1.82, 2.24) is 0 Å². The first kappa shape index (κ1) is 16.5. The van der Waals surface area contributed by atoms with Crippen LogP contribution in [-0.2, 0) is 6.18 Å². The third-order valence-electron chi connectivity index (χ3n) is 3.08. The van der Waals surface area contributed by atoms with Crippen LogP contribution in [0.4, 0.5) is 13.2 Å². The van der Waals surface area contributed by atoms with Crippen LogP contribution in [0.1, 0.15) is 31.8 Å². The minimum atomic E-state index is -4.44. The monoisotopic (exact) mass is 320 g/mol. The minimum absolute atomic E-state index is 0.121. The van der Waals surface area contributed by atoms with Gasteiger partial charge in [-0.05, 0) is 35.9 Å². The molecule has 0 saturated heterocycles. The van der Waals surface area contributed by atoms with Crippen LogP contribution in [0.3, 0.4) is 0 Å². The van der Waals surface area contributed by atoms with Crippen LogP contribution in [-0.4, -0.2) is 16.9 Å². The van der Waals surface area contributed by atoms with E-state index in [0.29, 0.717) is 5.56 Å². The van der Waals surface area contributed by atoms with E-state index in [1.807, 2.05) is 0 Å². The van der Waals surface area contributed by atoms with Gasteiger partial charge in [0.15, 0.2) is 5.78 Å². The number of aromatic carboxylic acids is 1. The Bertz CT molecular complexity index is 742. The Morgan fingerprint density at radius 2 is 1.39 bits per heavy atom. The molecule has 0 bridgehead atoms. The molecule has 1 N–H and O–H groups in total. The number of carbonyl (C=O) groups is 2. The number of carboxylic acid groups (broad SMARTS) is 1. The molecule has 23 heavy (non-hydrogen) atoms. The van der Waals surface area contributed by atoms with Crippen LogP contribution in [0.25, 0.3) is 6.08 Å². The largest absolute Gasteiger partial charge is 0.478 e. The number of ketones is 1. The lowest BCUT2D eigenvalue weighted by atomic mass is 10.1. The highest BCUT2D eigenvalue weighted by Gasteiger charge is 2.30. The van der Waals surface area contributed by atoms with Gasteiger partial charge in [0.25, 0.3) is 0 Å². The summed E-state index contributed by atoms with van der Waals surface area (Å²) in [6.45, 7) is 0. The van der Waals surface area contributed by atoms with E-state index in [4.69, 9.17) is 5.11 Å². The summed E-state index contributed by atoms with van der Waals surface area (Å²) in [7, 11) is 0. The van der Waals surface area contributed by atoms with Gasteiger partial charge in [-0.1, -0.05) is 30.3 Å². The maximum Gasteiger partial charge on any atom is 0.416 e. The number of carbonyl (C=O) groups excluding carboxylic acids is 1. The van der Waals surface area contributed by atoms with Gasteiger partial charge in [-0.15, -0.1) is 0 Å². The van der Waals surface area contributed by atoms with Gasteiger partial charge in [-0.2, -0.15) is 13.2 Å². The number of rotatable bonds is 4. The number of carboxylic acids is 1. The van der Waals surface area contributed by atoms with Crippen molar-refractivity contribution in [3.05, 3.63) is 76.9 Å². The van der Waals surface area contributed by atoms with Crippen LogP contribution >= 0.6 is 0 Å². The summed E-state index contributed by atoms with van der Waals surface area (Å²) in [5.41, 5.74) is 0.0465. The Labute approximate surface area is 129 Å². The molecule has 2 aromatic carbocycles. The topological polar surface area (TPSA) is 54.4 Å². The first-order valence-electron chi connectivity index (χ1n) is 6.50. The second kappa shape index (κ2) is 6.48. The van der Waals surface area contributed by atoms with E-state index in [-0.39, 0.29) is 11.1 Å². The number of hydrogen-bond donors (Lipinski definition) is 1. The van der Waals surface area contributed by atoms with Crippen LogP contribution in [0.5, 0.6) is 0 Å². The summed E-state index contributed by atoms with van der Waals surface area (Å²) in [6.07, 6.45) is -1.76. The van der Waals surface area contributed by atoms with Crippen molar-refractivity contribution < 1.29 is 27.9 Å². The average molecular weight is 320 g/mol. The number of alkyl halides is 3. The summed E-state index contributed by atoms with van der Waals surface area (Å²) in [4.78, 5) is 22.6. The third-order valence-corrected chi connectivity index (χ3v) is 3.08. The molecule has 0 aliphatic heterocycles. The Balaban J connectivity index is 2.10. The maximum atomic E-state index is 12.4. The van der Waals surface area contributed by atoms with Crippen molar-refractivity contribution in [3.63, 3.8) is 0 Å². The van der Waals surface area contributed by atoms with E-state index in [9.17, 15) is 22.8 Å². The maximum absolute atomic E-state index is 12.4. The molecule has 0 aliphatic rings. The van der Waals surface area contributed by atoms with Crippen molar-refractivity contribution in [2.45, 2.75) is 6.18 Å². The zero-order valence-corrected chi connectivity index (χ0v) is 11.7. The predicted octanol–water partition coefficient (Wildman–Crippen LogP) is 4.30. The molecule has 0 amide bonds. The van der Waals surface area contributed by atoms with Gasteiger partial charge in [-0.3, -0.25) is 4.79 Å². The Kier molecular flexibility index (Phi) is 4.64. The van der Waals surface area contributed by atoms with Crippen LogP contribution in [0.15, 0.2) is 54.6 Å². The molecule has 0 unspecified atom stereocenters. The van der Waals surface area contributed by atoms with Gasteiger partial charge in [0.2, 0.25) is 0 Å². The van der Waals surface area contributed by atoms with Crippen molar-refractivity contribution in [3.8, 4) is 0 Å². The van der Waals surface area contributed by atoms with Crippen molar-refractivity contribution >= 4 is 17.8 Å². The molecule has 3 nitrogen and oxygen atoms in total. The molecule has 0 fully saturated rings. The van der Waals surface area contributed by atoms with Crippen molar-refractivity contribution in [2.24, 2.45) is 0 Å².